The molecule has 0 saturated carbocycles. The second-order valence-corrected chi connectivity index (χ2v) is 4.03. The predicted octanol–water partition coefficient (Wildman–Crippen LogP) is 2.98. The topological polar surface area (TPSA) is 47.6 Å². The zero-order valence-electron chi connectivity index (χ0n) is 10.3. The van der Waals surface area contributed by atoms with E-state index in [-0.39, 0.29) is 17.9 Å². The number of halogens is 3. The Morgan fingerprint density at radius 3 is 2.35 bits per heavy atom. The zero-order chi connectivity index (χ0) is 14.5. The molecule has 0 amide bonds. The Labute approximate surface area is 113 Å². The van der Waals surface area contributed by atoms with Crippen LogP contribution >= 0.6 is 0 Å². The highest BCUT2D eigenvalue weighted by Gasteiger charge is 2.06. The van der Waals surface area contributed by atoms with Crippen LogP contribution in [-0.4, -0.2) is 6.21 Å². The molecule has 20 heavy (non-hydrogen) atoms. The maximum atomic E-state index is 13.7. The van der Waals surface area contributed by atoms with Crippen LogP contribution in [0, 0.1) is 17.5 Å². The van der Waals surface area contributed by atoms with E-state index in [0.29, 0.717) is 5.56 Å². The van der Waals surface area contributed by atoms with E-state index in [4.69, 9.17) is 10.6 Å². The Hall–Kier alpha value is -2.50. The summed E-state index contributed by atoms with van der Waals surface area (Å²) in [7, 11) is 0. The van der Waals surface area contributed by atoms with Gasteiger partial charge < -0.3 is 10.6 Å². The number of rotatable bonds is 4. The molecule has 0 atom stereocenters. The molecule has 0 aliphatic carbocycles. The van der Waals surface area contributed by atoms with Gasteiger partial charge in [-0.2, -0.15) is 5.10 Å². The molecule has 0 bridgehead atoms. The minimum absolute atomic E-state index is 0.0242. The van der Waals surface area contributed by atoms with Gasteiger partial charge in [0.2, 0.25) is 0 Å². The van der Waals surface area contributed by atoms with E-state index in [9.17, 15) is 13.2 Å². The second kappa shape index (κ2) is 6.10. The SMILES string of the molecule is NN=Cc1ccc(OCc2cc(F)cc(F)c2)c(F)c1. The number of ether oxygens (including phenoxy) is 1. The Morgan fingerprint density at radius 2 is 1.75 bits per heavy atom. The maximum absolute atomic E-state index is 13.7. The average molecular weight is 280 g/mol. The van der Waals surface area contributed by atoms with E-state index in [1.165, 1.54) is 18.3 Å². The van der Waals surface area contributed by atoms with E-state index in [1.54, 1.807) is 6.07 Å². The summed E-state index contributed by atoms with van der Waals surface area (Å²) < 4.78 is 44.8. The van der Waals surface area contributed by atoms with Crippen LogP contribution in [0.4, 0.5) is 13.2 Å². The molecule has 104 valence electrons. The summed E-state index contributed by atoms with van der Waals surface area (Å²) in [6, 6.07) is 7.14. The van der Waals surface area contributed by atoms with Crippen molar-refractivity contribution < 1.29 is 17.9 Å². The fraction of sp³-hybridized carbons (Fsp3) is 0.0714. The third kappa shape index (κ3) is 3.50. The fourth-order valence-electron chi connectivity index (χ4n) is 1.66. The van der Waals surface area contributed by atoms with Gasteiger partial charge in [0.1, 0.15) is 18.2 Å². The minimum atomic E-state index is -0.710. The van der Waals surface area contributed by atoms with Crippen molar-refractivity contribution in [2.45, 2.75) is 6.61 Å². The Kier molecular flexibility index (Phi) is 4.24. The van der Waals surface area contributed by atoms with E-state index >= 15 is 0 Å². The van der Waals surface area contributed by atoms with E-state index in [0.717, 1.165) is 18.2 Å². The van der Waals surface area contributed by atoms with E-state index in [2.05, 4.69) is 5.10 Å². The summed E-state index contributed by atoms with van der Waals surface area (Å²) >= 11 is 0. The molecule has 0 saturated heterocycles. The zero-order valence-corrected chi connectivity index (χ0v) is 10.3. The van der Waals surface area contributed by atoms with Crippen molar-refractivity contribution in [3.05, 3.63) is 65.0 Å². The number of nitrogens with zero attached hydrogens (tertiary/aromatic N) is 1. The van der Waals surface area contributed by atoms with E-state index in [1.807, 2.05) is 0 Å². The highest BCUT2D eigenvalue weighted by atomic mass is 19.1. The van der Waals surface area contributed by atoms with Crippen molar-refractivity contribution in [3.63, 3.8) is 0 Å². The van der Waals surface area contributed by atoms with Crippen molar-refractivity contribution in [3.8, 4) is 5.75 Å². The summed E-state index contributed by atoms with van der Waals surface area (Å²) in [6.07, 6.45) is 1.29. The van der Waals surface area contributed by atoms with Crippen LogP contribution in [0.5, 0.6) is 5.75 Å². The molecule has 2 rings (SSSR count). The van der Waals surface area contributed by atoms with Crippen LogP contribution in [0.25, 0.3) is 0 Å². The first kappa shape index (κ1) is 13.9. The van der Waals surface area contributed by atoms with Crippen LogP contribution in [-0.2, 0) is 6.61 Å². The quantitative estimate of drug-likeness (QED) is 0.531. The van der Waals surface area contributed by atoms with Gasteiger partial charge in [-0.05, 0) is 41.5 Å². The maximum Gasteiger partial charge on any atom is 0.165 e. The third-order valence-corrected chi connectivity index (χ3v) is 2.50. The average Bonchev–Trinajstić information content (AvgIpc) is 2.37. The number of hydrazone groups is 1. The first-order chi connectivity index (χ1) is 9.58. The molecule has 0 heterocycles. The summed E-state index contributed by atoms with van der Waals surface area (Å²) in [5, 5.41) is 3.27. The third-order valence-electron chi connectivity index (χ3n) is 2.50. The molecule has 2 aromatic rings. The molecule has 0 radical (unpaired) electrons. The van der Waals surface area contributed by atoms with Crippen molar-refractivity contribution in [2.24, 2.45) is 10.9 Å². The first-order valence-electron chi connectivity index (χ1n) is 5.69. The molecule has 2 N–H and O–H groups in total. The monoisotopic (exact) mass is 280 g/mol. The molecule has 2 aromatic carbocycles. The standard InChI is InChI=1S/C14H11F3N2O/c15-11-3-10(4-12(16)6-11)8-20-14-2-1-9(7-19-18)5-13(14)17/h1-7H,8,18H2. The number of benzene rings is 2. The summed E-state index contributed by atoms with van der Waals surface area (Å²) in [4.78, 5) is 0. The molecule has 0 aliphatic rings. The van der Waals surface area contributed by atoms with Crippen molar-refractivity contribution in [1.29, 1.82) is 0 Å². The number of hydrogen-bond donors (Lipinski definition) is 1. The number of nitrogens with two attached hydrogens (primary N) is 1. The number of hydrogen-bond acceptors (Lipinski definition) is 3. The Morgan fingerprint density at radius 1 is 1.05 bits per heavy atom. The van der Waals surface area contributed by atoms with Crippen molar-refractivity contribution in [2.75, 3.05) is 0 Å². The van der Waals surface area contributed by atoms with Crippen LogP contribution in [0.2, 0.25) is 0 Å². The van der Waals surface area contributed by atoms with Gasteiger partial charge in [-0.1, -0.05) is 0 Å². The van der Waals surface area contributed by atoms with Gasteiger partial charge >= 0.3 is 0 Å². The lowest BCUT2D eigenvalue weighted by atomic mass is 10.2. The van der Waals surface area contributed by atoms with Crippen LogP contribution < -0.4 is 10.6 Å². The molecule has 0 fully saturated rings. The van der Waals surface area contributed by atoms with Gasteiger partial charge in [0.15, 0.2) is 11.6 Å². The minimum Gasteiger partial charge on any atom is -0.486 e. The van der Waals surface area contributed by atoms with Gasteiger partial charge in [0, 0.05) is 6.07 Å². The molecule has 0 aliphatic heterocycles. The summed E-state index contributed by atoms with van der Waals surface area (Å²) in [6.45, 7) is -0.143. The molecule has 3 nitrogen and oxygen atoms in total. The molecular formula is C14H11F3N2O. The van der Waals surface area contributed by atoms with Gasteiger partial charge in [0.25, 0.3) is 0 Å². The van der Waals surface area contributed by atoms with Crippen molar-refractivity contribution in [1.82, 2.24) is 0 Å². The second-order valence-electron chi connectivity index (χ2n) is 4.03. The molecule has 0 unspecified atom stereocenters. The Bertz CT molecular complexity index is 624. The smallest absolute Gasteiger partial charge is 0.165 e. The lowest BCUT2D eigenvalue weighted by molar-refractivity contribution is 0.289. The molecule has 0 aromatic heterocycles. The largest absolute Gasteiger partial charge is 0.486 e. The van der Waals surface area contributed by atoms with Gasteiger partial charge in [0.05, 0.1) is 6.21 Å². The fourth-order valence-corrected chi connectivity index (χ4v) is 1.66. The molecule has 0 spiro atoms. The Balaban J connectivity index is 2.10. The van der Waals surface area contributed by atoms with Crippen LogP contribution in [0.15, 0.2) is 41.5 Å². The van der Waals surface area contributed by atoms with Crippen molar-refractivity contribution >= 4 is 6.21 Å². The molecule has 6 heteroatoms. The summed E-state index contributed by atoms with van der Waals surface area (Å²) in [5.41, 5.74) is 0.753. The first-order valence-corrected chi connectivity index (χ1v) is 5.69. The van der Waals surface area contributed by atoms with E-state index < -0.39 is 17.5 Å². The van der Waals surface area contributed by atoms with Gasteiger partial charge in [-0.25, -0.2) is 13.2 Å². The summed E-state index contributed by atoms with van der Waals surface area (Å²) in [5.74, 6) is 2.90. The lowest BCUT2D eigenvalue weighted by Crippen LogP contribution is -1.99. The van der Waals surface area contributed by atoms with Gasteiger partial charge in [-0.15, -0.1) is 0 Å². The van der Waals surface area contributed by atoms with Gasteiger partial charge in [-0.3, -0.25) is 0 Å². The highest BCUT2D eigenvalue weighted by molar-refractivity contribution is 5.79. The predicted molar refractivity (Wildman–Crippen MR) is 68.9 cm³/mol. The lowest BCUT2D eigenvalue weighted by Gasteiger charge is -2.08. The van der Waals surface area contributed by atoms with Crippen LogP contribution in [0.3, 0.4) is 0 Å². The van der Waals surface area contributed by atoms with Crippen LogP contribution in [0.1, 0.15) is 11.1 Å². The molecular weight excluding hydrogens is 269 g/mol. The highest BCUT2D eigenvalue weighted by Crippen LogP contribution is 2.19. The normalized spacial score (nSPS) is 10.9.